The summed E-state index contributed by atoms with van der Waals surface area (Å²) < 4.78 is 5.66. The molecule has 3 N–H and O–H groups in total. The van der Waals surface area contributed by atoms with Gasteiger partial charge in [-0.05, 0) is 6.07 Å². The number of fused-ring (bicyclic) bond motifs is 1. The zero-order valence-corrected chi connectivity index (χ0v) is 14.1. The van der Waals surface area contributed by atoms with Crippen LogP contribution >= 0.6 is 11.3 Å². The largest absolute Gasteiger partial charge is 0.493 e. The van der Waals surface area contributed by atoms with E-state index in [4.69, 9.17) is 10.5 Å². The van der Waals surface area contributed by atoms with Gasteiger partial charge in [-0.3, -0.25) is 0 Å². The van der Waals surface area contributed by atoms with E-state index in [-0.39, 0.29) is 6.04 Å². The van der Waals surface area contributed by atoms with E-state index in [0.717, 1.165) is 28.6 Å². The number of guanidine groups is 1. The molecule has 0 radical (unpaired) electrons. The van der Waals surface area contributed by atoms with Gasteiger partial charge in [-0.15, -0.1) is 11.3 Å². The van der Waals surface area contributed by atoms with Crippen molar-refractivity contribution in [3.05, 3.63) is 40.9 Å². The summed E-state index contributed by atoms with van der Waals surface area (Å²) >= 11 is 1.60. The average Bonchev–Trinajstić information content (AvgIpc) is 3.03. The molecule has 1 unspecified atom stereocenters. The molecule has 0 saturated heterocycles. The summed E-state index contributed by atoms with van der Waals surface area (Å²) in [6.07, 6.45) is 0.870. The molecule has 1 aliphatic heterocycles. The highest BCUT2D eigenvalue weighted by Gasteiger charge is 2.21. The Balaban J connectivity index is 1.64. The van der Waals surface area contributed by atoms with Gasteiger partial charge in [-0.2, -0.15) is 0 Å². The van der Waals surface area contributed by atoms with Crippen molar-refractivity contribution in [2.75, 3.05) is 25.6 Å². The van der Waals surface area contributed by atoms with Crippen LogP contribution in [-0.4, -0.2) is 31.6 Å². The third-order valence-electron chi connectivity index (χ3n) is 3.61. The molecule has 1 aliphatic rings. The molecule has 7 heteroatoms. The summed E-state index contributed by atoms with van der Waals surface area (Å²) in [6.45, 7) is 1.16. The average molecular weight is 331 g/mol. The highest BCUT2D eigenvalue weighted by Crippen LogP contribution is 2.31. The normalized spacial score (nSPS) is 17.3. The molecule has 6 nitrogen and oxygen atoms in total. The van der Waals surface area contributed by atoms with Gasteiger partial charge in [0.15, 0.2) is 11.1 Å². The summed E-state index contributed by atoms with van der Waals surface area (Å²) in [4.78, 5) is 10.9. The molecule has 2 heterocycles. The van der Waals surface area contributed by atoms with Crippen LogP contribution in [-0.2, 0) is 6.54 Å². The molecule has 0 saturated carbocycles. The Morgan fingerprint density at radius 3 is 3.09 bits per heavy atom. The number of anilines is 1. The third kappa shape index (κ3) is 3.73. The Hall–Kier alpha value is -2.28. The highest BCUT2D eigenvalue weighted by molar-refractivity contribution is 7.13. The smallest absolute Gasteiger partial charge is 0.189 e. The number of hydrogen-bond acceptors (Lipinski definition) is 5. The van der Waals surface area contributed by atoms with Crippen molar-refractivity contribution < 1.29 is 4.74 Å². The first-order valence-corrected chi connectivity index (χ1v) is 8.41. The minimum absolute atomic E-state index is 0.136. The first kappa shape index (κ1) is 15.6. The van der Waals surface area contributed by atoms with Crippen LogP contribution in [0.3, 0.4) is 0 Å². The lowest BCUT2D eigenvalue weighted by Crippen LogP contribution is -2.37. The molecular weight excluding hydrogens is 310 g/mol. The number of nitrogens with one attached hydrogen (secondary N) is 1. The monoisotopic (exact) mass is 331 g/mol. The quantitative estimate of drug-likeness (QED) is 0.663. The van der Waals surface area contributed by atoms with Crippen molar-refractivity contribution in [2.24, 2.45) is 10.7 Å². The number of ether oxygens (including phenoxy) is 1. The second-order valence-corrected chi connectivity index (χ2v) is 6.43. The van der Waals surface area contributed by atoms with Gasteiger partial charge >= 0.3 is 0 Å². The molecule has 0 fully saturated rings. The second-order valence-electron chi connectivity index (χ2n) is 5.59. The summed E-state index contributed by atoms with van der Waals surface area (Å²) in [5, 5.41) is 6.27. The van der Waals surface area contributed by atoms with Crippen LogP contribution in [0.25, 0.3) is 0 Å². The maximum absolute atomic E-state index is 6.04. The van der Waals surface area contributed by atoms with Crippen LogP contribution in [0.15, 0.2) is 34.6 Å². The predicted octanol–water partition coefficient (Wildman–Crippen LogP) is 2.14. The van der Waals surface area contributed by atoms with Crippen molar-refractivity contribution in [3.63, 3.8) is 0 Å². The Kier molecular flexibility index (Phi) is 4.66. The molecule has 2 aromatic rings. The van der Waals surface area contributed by atoms with E-state index in [1.165, 1.54) is 0 Å². The first-order chi connectivity index (χ1) is 11.1. The van der Waals surface area contributed by atoms with Gasteiger partial charge in [-0.1, -0.05) is 18.2 Å². The van der Waals surface area contributed by atoms with E-state index in [1.807, 2.05) is 42.6 Å². The molecule has 0 spiro atoms. The minimum Gasteiger partial charge on any atom is -0.493 e. The zero-order valence-electron chi connectivity index (χ0n) is 13.3. The molecule has 0 amide bonds. The number of benzene rings is 1. The van der Waals surface area contributed by atoms with E-state index >= 15 is 0 Å². The van der Waals surface area contributed by atoms with Gasteiger partial charge < -0.3 is 20.7 Å². The second kappa shape index (κ2) is 6.87. The maximum Gasteiger partial charge on any atom is 0.189 e. The van der Waals surface area contributed by atoms with E-state index < -0.39 is 0 Å². The fourth-order valence-corrected chi connectivity index (χ4v) is 3.21. The fourth-order valence-electron chi connectivity index (χ4n) is 2.46. The Morgan fingerprint density at radius 1 is 1.48 bits per heavy atom. The summed E-state index contributed by atoms with van der Waals surface area (Å²) in [7, 11) is 3.95. The van der Waals surface area contributed by atoms with Gasteiger partial charge in [0, 0.05) is 31.5 Å². The molecule has 1 aromatic heterocycles. The Bertz CT molecular complexity index is 697. The number of aliphatic imine (C=N–C) groups is 1. The Labute approximate surface area is 140 Å². The van der Waals surface area contributed by atoms with E-state index in [9.17, 15) is 0 Å². The van der Waals surface area contributed by atoms with Gasteiger partial charge in [0.25, 0.3) is 0 Å². The number of thiazole rings is 1. The summed E-state index contributed by atoms with van der Waals surface area (Å²) in [5.41, 5.74) is 8.09. The number of para-hydroxylation sites is 1. The SMILES string of the molecule is CN(C)c1nc(CN=C(N)NC2CCOc3ccccc32)cs1. The van der Waals surface area contributed by atoms with Gasteiger partial charge in [0.1, 0.15) is 5.75 Å². The number of nitrogens with zero attached hydrogens (tertiary/aromatic N) is 3. The molecular formula is C16H21N5OS. The van der Waals surface area contributed by atoms with Crippen molar-refractivity contribution in [3.8, 4) is 5.75 Å². The van der Waals surface area contributed by atoms with Crippen LogP contribution in [0.1, 0.15) is 23.7 Å². The Morgan fingerprint density at radius 2 is 2.30 bits per heavy atom. The molecule has 1 atom stereocenters. The topological polar surface area (TPSA) is 75.8 Å². The van der Waals surface area contributed by atoms with Gasteiger partial charge in [0.05, 0.1) is 24.9 Å². The molecule has 23 heavy (non-hydrogen) atoms. The van der Waals surface area contributed by atoms with Gasteiger partial charge in [-0.25, -0.2) is 9.98 Å². The summed E-state index contributed by atoms with van der Waals surface area (Å²) in [5.74, 6) is 1.35. The predicted molar refractivity (Wildman–Crippen MR) is 94.2 cm³/mol. The number of aromatic nitrogens is 1. The van der Waals surface area contributed by atoms with Crippen molar-refractivity contribution >= 4 is 22.4 Å². The van der Waals surface area contributed by atoms with Crippen LogP contribution in [0.5, 0.6) is 5.75 Å². The highest BCUT2D eigenvalue weighted by atomic mass is 32.1. The fraction of sp³-hybridized carbons (Fsp3) is 0.375. The molecule has 122 valence electrons. The lowest BCUT2D eigenvalue weighted by molar-refractivity contribution is 0.262. The van der Waals surface area contributed by atoms with Crippen molar-refractivity contribution in [2.45, 2.75) is 19.0 Å². The lowest BCUT2D eigenvalue weighted by atomic mass is 10.0. The van der Waals surface area contributed by atoms with E-state index in [2.05, 4.69) is 21.4 Å². The van der Waals surface area contributed by atoms with Crippen LogP contribution in [0.2, 0.25) is 0 Å². The minimum atomic E-state index is 0.136. The van der Waals surface area contributed by atoms with Crippen LogP contribution in [0.4, 0.5) is 5.13 Å². The standard InChI is InChI=1S/C16H21N5OS/c1-21(2)16-19-11(10-23-16)9-18-15(17)20-13-7-8-22-14-6-4-3-5-12(13)14/h3-6,10,13H,7-9H2,1-2H3,(H3,17,18,20). The van der Waals surface area contributed by atoms with Crippen molar-refractivity contribution in [1.29, 1.82) is 0 Å². The van der Waals surface area contributed by atoms with E-state index in [1.54, 1.807) is 11.3 Å². The first-order valence-electron chi connectivity index (χ1n) is 7.53. The lowest BCUT2D eigenvalue weighted by Gasteiger charge is -2.26. The van der Waals surface area contributed by atoms with E-state index in [0.29, 0.717) is 19.1 Å². The molecule has 0 bridgehead atoms. The van der Waals surface area contributed by atoms with Gasteiger partial charge in [0.2, 0.25) is 0 Å². The summed E-state index contributed by atoms with van der Waals surface area (Å²) in [6, 6.07) is 8.16. The molecule has 3 rings (SSSR count). The molecule has 1 aromatic carbocycles. The molecule has 0 aliphatic carbocycles. The van der Waals surface area contributed by atoms with Crippen LogP contribution in [0, 0.1) is 0 Å². The third-order valence-corrected chi connectivity index (χ3v) is 4.67. The number of nitrogens with two attached hydrogens (primary N) is 1. The van der Waals surface area contributed by atoms with Crippen molar-refractivity contribution in [1.82, 2.24) is 10.3 Å². The number of hydrogen-bond donors (Lipinski definition) is 2. The van der Waals surface area contributed by atoms with Crippen LogP contribution < -0.4 is 20.7 Å². The number of rotatable bonds is 4. The zero-order chi connectivity index (χ0) is 16.2. The maximum atomic E-state index is 6.04.